The molecule has 1 rings (SSSR count). The molecule has 1 aromatic heterocycles. The Hall–Kier alpha value is 0.170. The van der Waals surface area contributed by atoms with Gasteiger partial charge in [-0.3, -0.25) is 0 Å². The van der Waals surface area contributed by atoms with Crippen molar-refractivity contribution in [1.29, 1.82) is 0 Å². The number of halogens is 3. The minimum absolute atomic E-state index is 0.525. The second-order valence-corrected chi connectivity index (χ2v) is 2.87. The summed E-state index contributed by atoms with van der Waals surface area (Å²) in [4.78, 5) is 0. The van der Waals surface area contributed by atoms with Gasteiger partial charge in [0, 0.05) is 6.07 Å². The Morgan fingerprint density at radius 2 is 2.33 bits per heavy atom. The Labute approximate surface area is 68.5 Å². The van der Waals surface area contributed by atoms with Crippen molar-refractivity contribution in [2.24, 2.45) is 0 Å². The minimum Gasteiger partial charge on any atom is -0.434 e. The van der Waals surface area contributed by atoms with Gasteiger partial charge in [0.1, 0.15) is 5.76 Å². The van der Waals surface area contributed by atoms with Crippen molar-refractivity contribution in [3.8, 4) is 0 Å². The van der Waals surface area contributed by atoms with Gasteiger partial charge in [-0.15, -0.1) is 0 Å². The molecule has 0 unspecified atom stereocenters. The molecule has 1 aromatic rings. The van der Waals surface area contributed by atoms with Gasteiger partial charge < -0.3 is 4.42 Å². The summed E-state index contributed by atoms with van der Waals surface area (Å²) < 4.78 is 17.4. The summed E-state index contributed by atoms with van der Waals surface area (Å²) in [6.07, 6.45) is 0. The molecule has 0 aliphatic heterocycles. The third-order valence-corrected chi connectivity index (χ3v) is 2.03. The van der Waals surface area contributed by atoms with Crippen LogP contribution in [0.4, 0.5) is 4.39 Å². The van der Waals surface area contributed by atoms with Gasteiger partial charge in [0.05, 0.1) is 9.80 Å². The highest BCUT2D eigenvalue weighted by molar-refractivity contribution is 9.10. The van der Waals surface area contributed by atoms with Crippen LogP contribution in [0.1, 0.15) is 5.76 Å². The lowest BCUT2D eigenvalue weighted by Crippen LogP contribution is -1.67. The molecule has 0 aliphatic rings. The molecule has 1 heterocycles. The fourth-order valence-electron chi connectivity index (χ4n) is 0.467. The second-order valence-electron chi connectivity index (χ2n) is 1.46. The largest absolute Gasteiger partial charge is 0.434 e. The first kappa shape index (κ1) is 7.28. The van der Waals surface area contributed by atoms with E-state index in [0.717, 1.165) is 0 Å². The topological polar surface area (TPSA) is 13.1 Å². The van der Waals surface area contributed by atoms with E-state index in [1.807, 2.05) is 0 Å². The monoisotopic (exact) mass is 256 g/mol. The molecule has 0 atom stereocenters. The molecular weight excluding hydrogens is 255 g/mol. The number of hydrogen-bond acceptors (Lipinski definition) is 1. The van der Waals surface area contributed by atoms with Gasteiger partial charge in [0.2, 0.25) is 0 Å². The Morgan fingerprint density at radius 1 is 1.67 bits per heavy atom. The van der Waals surface area contributed by atoms with Crippen LogP contribution in [0.2, 0.25) is 0 Å². The van der Waals surface area contributed by atoms with Gasteiger partial charge in [-0.05, 0) is 15.9 Å². The van der Waals surface area contributed by atoms with Crippen LogP contribution in [0.5, 0.6) is 0 Å². The third-order valence-electron chi connectivity index (χ3n) is 0.849. The maximum absolute atomic E-state index is 12.2. The first-order chi connectivity index (χ1) is 4.24. The highest BCUT2D eigenvalue weighted by atomic mass is 79.9. The van der Waals surface area contributed by atoms with Gasteiger partial charge in [0.25, 0.3) is 6.01 Å². The first-order valence-corrected chi connectivity index (χ1v) is 4.15. The Bertz CT molecular complexity index is 209. The molecule has 1 nitrogen and oxygen atoms in total. The highest BCUT2D eigenvalue weighted by Crippen LogP contribution is 2.22. The van der Waals surface area contributed by atoms with E-state index < -0.39 is 6.01 Å². The lowest BCUT2D eigenvalue weighted by molar-refractivity contribution is 0.344. The zero-order valence-electron chi connectivity index (χ0n) is 4.33. The summed E-state index contributed by atoms with van der Waals surface area (Å²) >= 11 is 6.24. The van der Waals surface area contributed by atoms with Crippen molar-refractivity contribution < 1.29 is 8.81 Å². The molecule has 0 fully saturated rings. The Kier molecular flexibility index (Phi) is 2.29. The summed E-state index contributed by atoms with van der Waals surface area (Å²) in [5.41, 5.74) is 0. The molecular formula is C5H3Br2FO. The van der Waals surface area contributed by atoms with Crippen LogP contribution in [0.25, 0.3) is 0 Å². The maximum atomic E-state index is 12.2. The highest BCUT2D eigenvalue weighted by Gasteiger charge is 2.05. The summed E-state index contributed by atoms with van der Waals surface area (Å²) in [5.74, 6) is 0.576. The molecule has 4 heteroatoms. The van der Waals surface area contributed by atoms with Crippen LogP contribution in [-0.4, -0.2) is 0 Å². The van der Waals surface area contributed by atoms with E-state index in [0.29, 0.717) is 15.6 Å². The van der Waals surface area contributed by atoms with Crippen molar-refractivity contribution in [2.75, 3.05) is 0 Å². The van der Waals surface area contributed by atoms with Crippen molar-refractivity contribution >= 4 is 31.9 Å². The zero-order chi connectivity index (χ0) is 6.85. The van der Waals surface area contributed by atoms with E-state index in [1.165, 1.54) is 6.07 Å². The van der Waals surface area contributed by atoms with E-state index in [2.05, 4.69) is 36.3 Å². The van der Waals surface area contributed by atoms with E-state index in [4.69, 9.17) is 0 Å². The molecule has 0 amide bonds. The minimum atomic E-state index is -0.559. The van der Waals surface area contributed by atoms with E-state index in [9.17, 15) is 4.39 Å². The standard InChI is InChI=1S/C5H3Br2FO/c6-2-4-3(7)1-5(8)9-4/h1H,2H2. The van der Waals surface area contributed by atoms with Crippen molar-refractivity contribution in [2.45, 2.75) is 5.33 Å². The average molecular weight is 258 g/mol. The normalized spacial score (nSPS) is 10.1. The fourth-order valence-corrected chi connectivity index (χ4v) is 1.66. The smallest absolute Gasteiger partial charge is 0.279 e. The van der Waals surface area contributed by atoms with Gasteiger partial charge in [-0.25, -0.2) is 0 Å². The van der Waals surface area contributed by atoms with Gasteiger partial charge in [0.15, 0.2) is 0 Å². The molecule has 50 valence electrons. The van der Waals surface area contributed by atoms with Gasteiger partial charge in [-0.1, -0.05) is 15.9 Å². The Balaban J connectivity index is 3.01. The van der Waals surface area contributed by atoms with Crippen LogP contribution in [0.3, 0.4) is 0 Å². The van der Waals surface area contributed by atoms with E-state index in [1.54, 1.807) is 0 Å². The number of furan rings is 1. The molecule has 0 N–H and O–H groups in total. The molecule has 9 heavy (non-hydrogen) atoms. The van der Waals surface area contributed by atoms with Crippen LogP contribution < -0.4 is 0 Å². The Morgan fingerprint density at radius 3 is 2.56 bits per heavy atom. The summed E-state index contributed by atoms with van der Waals surface area (Å²) in [5, 5.41) is 0.525. The molecule has 0 spiro atoms. The molecule has 0 aliphatic carbocycles. The van der Waals surface area contributed by atoms with Crippen LogP contribution >= 0.6 is 31.9 Å². The molecule has 0 aromatic carbocycles. The van der Waals surface area contributed by atoms with E-state index >= 15 is 0 Å². The fraction of sp³-hybridized carbons (Fsp3) is 0.200. The lowest BCUT2D eigenvalue weighted by Gasteiger charge is -1.83. The van der Waals surface area contributed by atoms with Crippen molar-refractivity contribution in [3.05, 3.63) is 22.3 Å². The second kappa shape index (κ2) is 2.84. The van der Waals surface area contributed by atoms with Crippen molar-refractivity contribution in [1.82, 2.24) is 0 Å². The summed E-state index contributed by atoms with van der Waals surface area (Å²) in [6, 6.07) is 0.729. The SMILES string of the molecule is Fc1cc(Br)c(CBr)o1. The molecule has 0 bridgehead atoms. The maximum Gasteiger partial charge on any atom is 0.279 e. The van der Waals surface area contributed by atoms with Gasteiger partial charge in [-0.2, -0.15) is 4.39 Å². The van der Waals surface area contributed by atoms with Gasteiger partial charge >= 0.3 is 0 Å². The third kappa shape index (κ3) is 1.55. The van der Waals surface area contributed by atoms with Crippen molar-refractivity contribution in [3.63, 3.8) is 0 Å². The summed E-state index contributed by atoms with van der Waals surface area (Å²) in [7, 11) is 0. The quantitative estimate of drug-likeness (QED) is 0.705. The molecule has 0 saturated carbocycles. The lowest BCUT2D eigenvalue weighted by atomic mass is 10.5. The zero-order valence-corrected chi connectivity index (χ0v) is 7.50. The van der Waals surface area contributed by atoms with Crippen LogP contribution in [0, 0.1) is 6.01 Å². The predicted octanol–water partition coefficient (Wildman–Crippen LogP) is 3.08. The molecule has 0 radical (unpaired) electrons. The number of alkyl halides is 1. The number of rotatable bonds is 1. The predicted molar refractivity (Wildman–Crippen MR) is 39.0 cm³/mol. The first-order valence-electron chi connectivity index (χ1n) is 2.23. The van der Waals surface area contributed by atoms with Crippen LogP contribution in [-0.2, 0) is 5.33 Å². The number of hydrogen-bond donors (Lipinski definition) is 0. The summed E-state index contributed by atoms with van der Waals surface area (Å²) in [6.45, 7) is 0. The molecule has 0 saturated heterocycles. The average Bonchev–Trinajstić information content (AvgIpc) is 2.10. The van der Waals surface area contributed by atoms with E-state index in [-0.39, 0.29) is 0 Å². The van der Waals surface area contributed by atoms with Crippen LogP contribution in [0.15, 0.2) is 15.0 Å².